The number of nitro benzene ring substituents is 1. The normalized spacial score (nSPS) is 15.2. The van der Waals surface area contributed by atoms with Crippen LogP contribution in [-0.2, 0) is 20.9 Å². The molecule has 1 atom stereocenters. The molecule has 1 heterocycles. The third-order valence-electron chi connectivity index (χ3n) is 5.43. The number of carbonyl (C=O) groups is 1. The first-order valence-corrected chi connectivity index (χ1v) is 10.7. The molecule has 1 aliphatic heterocycles. The lowest BCUT2D eigenvalue weighted by molar-refractivity contribution is -0.386. The minimum atomic E-state index is -0.842. The summed E-state index contributed by atoms with van der Waals surface area (Å²) in [6, 6.07) is 11.7. The first-order valence-electron chi connectivity index (χ1n) is 10.7. The van der Waals surface area contributed by atoms with E-state index in [1.807, 2.05) is 6.07 Å². The number of hydrogen-bond acceptors (Lipinski definition) is 9. The van der Waals surface area contributed by atoms with E-state index in [4.69, 9.17) is 24.7 Å². The van der Waals surface area contributed by atoms with Crippen molar-refractivity contribution in [2.24, 2.45) is 5.73 Å². The van der Waals surface area contributed by atoms with Crippen LogP contribution in [0.4, 0.5) is 5.69 Å². The second-order valence-electron chi connectivity index (χ2n) is 7.70. The maximum Gasteiger partial charge on any atom is 0.338 e. The van der Waals surface area contributed by atoms with Gasteiger partial charge in [0.2, 0.25) is 5.88 Å². The van der Waals surface area contributed by atoms with E-state index in [1.165, 1.54) is 13.2 Å². The summed E-state index contributed by atoms with van der Waals surface area (Å²) >= 11 is 0. The highest BCUT2D eigenvalue weighted by Gasteiger charge is 2.36. The number of allylic oxidation sites excluding steroid dienone is 2. The molecule has 2 aromatic rings. The van der Waals surface area contributed by atoms with E-state index in [1.54, 1.807) is 51.1 Å². The highest BCUT2D eigenvalue weighted by atomic mass is 16.6. The van der Waals surface area contributed by atoms with Crippen LogP contribution in [0.2, 0.25) is 0 Å². The Kier molecular flexibility index (Phi) is 7.61. The summed E-state index contributed by atoms with van der Waals surface area (Å²) in [7, 11) is 1.48. The number of hydrogen-bond donors (Lipinski definition) is 1. The highest BCUT2D eigenvalue weighted by Crippen LogP contribution is 2.41. The number of esters is 1. The average Bonchev–Trinajstić information content (AvgIpc) is 2.82. The molecule has 1 aliphatic rings. The Morgan fingerprint density at radius 2 is 1.97 bits per heavy atom. The first-order chi connectivity index (χ1) is 16.7. The van der Waals surface area contributed by atoms with Crippen molar-refractivity contribution < 1.29 is 28.7 Å². The molecule has 10 heteroatoms. The van der Waals surface area contributed by atoms with E-state index in [0.29, 0.717) is 16.9 Å². The second-order valence-corrected chi connectivity index (χ2v) is 7.70. The quantitative estimate of drug-likeness (QED) is 0.335. The van der Waals surface area contributed by atoms with E-state index >= 15 is 0 Å². The zero-order valence-electron chi connectivity index (χ0n) is 19.8. The average molecular weight is 479 g/mol. The highest BCUT2D eigenvalue weighted by molar-refractivity contribution is 5.92. The first kappa shape index (κ1) is 25.1. The zero-order valence-corrected chi connectivity index (χ0v) is 19.8. The summed E-state index contributed by atoms with van der Waals surface area (Å²) in [6.07, 6.45) is 0. The number of carbonyl (C=O) groups excluding carboxylic acids is 1. The van der Waals surface area contributed by atoms with Crippen molar-refractivity contribution in [3.63, 3.8) is 0 Å². The molecule has 35 heavy (non-hydrogen) atoms. The maximum atomic E-state index is 12.8. The number of ether oxygens (including phenoxy) is 4. The smallest absolute Gasteiger partial charge is 0.338 e. The van der Waals surface area contributed by atoms with Crippen LogP contribution in [0, 0.1) is 28.4 Å². The Balaban J connectivity index is 2.06. The molecule has 0 radical (unpaired) electrons. The third kappa shape index (κ3) is 5.19. The summed E-state index contributed by atoms with van der Waals surface area (Å²) < 4.78 is 21.9. The second kappa shape index (κ2) is 10.6. The van der Waals surface area contributed by atoms with Gasteiger partial charge in [0.05, 0.1) is 30.1 Å². The van der Waals surface area contributed by atoms with Crippen LogP contribution >= 0.6 is 0 Å². The van der Waals surface area contributed by atoms with Crippen LogP contribution in [0.15, 0.2) is 59.2 Å². The SMILES string of the molecule is CCOC(=O)C1=C(C)OC(N)=C(C#N)C1c1ccc(OC)c(COc2cc(C)ccc2[N+](=O)[O-])c1. The molecule has 182 valence electrons. The van der Waals surface area contributed by atoms with Crippen LogP contribution in [0.3, 0.4) is 0 Å². The molecule has 2 N–H and O–H groups in total. The lowest BCUT2D eigenvalue weighted by atomic mass is 9.82. The summed E-state index contributed by atoms with van der Waals surface area (Å²) in [5, 5.41) is 21.2. The Hall–Kier alpha value is -4.52. The number of nitrogens with two attached hydrogens (primary N) is 1. The van der Waals surface area contributed by atoms with Crippen molar-refractivity contribution in [2.45, 2.75) is 33.3 Å². The third-order valence-corrected chi connectivity index (χ3v) is 5.43. The fourth-order valence-electron chi connectivity index (χ4n) is 3.82. The minimum Gasteiger partial charge on any atom is -0.496 e. The fraction of sp³-hybridized carbons (Fsp3) is 0.280. The lowest BCUT2D eigenvalue weighted by Gasteiger charge is -2.27. The molecule has 0 spiro atoms. The zero-order chi connectivity index (χ0) is 25.7. The maximum absolute atomic E-state index is 12.8. The molecule has 0 amide bonds. The Morgan fingerprint density at radius 3 is 2.60 bits per heavy atom. The van der Waals surface area contributed by atoms with Gasteiger partial charge in [-0.3, -0.25) is 10.1 Å². The molecule has 0 saturated heterocycles. The number of nitro groups is 1. The number of benzene rings is 2. The van der Waals surface area contributed by atoms with Gasteiger partial charge in [0.15, 0.2) is 5.75 Å². The van der Waals surface area contributed by atoms with Gasteiger partial charge in [0.1, 0.15) is 29.8 Å². The molecule has 3 rings (SSSR count). The number of methoxy groups -OCH3 is 1. The molecular weight excluding hydrogens is 454 g/mol. The molecule has 0 fully saturated rings. The van der Waals surface area contributed by atoms with Gasteiger partial charge >= 0.3 is 11.7 Å². The van der Waals surface area contributed by atoms with Gasteiger partial charge in [-0.15, -0.1) is 0 Å². The van der Waals surface area contributed by atoms with E-state index in [2.05, 4.69) is 0 Å². The van der Waals surface area contributed by atoms with Crippen molar-refractivity contribution in [1.82, 2.24) is 0 Å². The van der Waals surface area contributed by atoms with E-state index in [0.717, 1.165) is 5.56 Å². The fourth-order valence-corrected chi connectivity index (χ4v) is 3.82. The van der Waals surface area contributed by atoms with E-state index in [9.17, 15) is 20.2 Å². The van der Waals surface area contributed by atoms with Crippen molar-refractivity contribution >= 4 is 11.7 Å². The van der Waals surface area contributed by atoms with Crippen LogP contribution in [0.25, 0.3) is 0 Å². The summed E-state index contributed by atoms with van der Waals surface area (Å²) in [4.78, 5) is 23.7. The predicted octanol–water partition coefficient (Wildman–Crippen LogP) is 4.14. The molecule has 0 bridgehead atoms. The van der Waals surface area contributed by atoms with Crippen LogP contribution in [-0.4, -0.2) is 24.6 Å². The van der Waals surface area contributed by atoms with Crippen molar-refractivity contribution in [1.29, 1.82) is 5.26 Å². The molecule has 10 nitrogen and oxygen atoms in total. The lowest BCUT2D eigenvalue weighted by Crippen LogP contribution is -2.25. The van der Waals surface area contributed by atoms with Gasteiger partial charge in [-0.05, 0) is 50.1 Å². The molecule has 2 aromatic carbocycles. The summed E-state index contributed by atoms with van der Waals surface area (Å²) in [5.74, 6) is -0.769. The van der Waals surface area contributed by atoms with Gasteiger partial charge in [-0.2, -0.15) is 5.26 Å². The van der Waals surface area contributed by atoms with Gasteiger partial charge in [0.25, 0.3) is 0 Å². The summed E-state index contributed by atoms with van der Waals surface area (Å²) in [5.41, 5.74) is 7.91. The topological polar surface area (TPSA) is 147 Å². The minimum absolute atomic E-state index is 0.0602. The van der Waals surface area contributed by atoms with Crippen LogP contribution in [0.1, 0.15) is 36.5 Å². The Bertz CT molecular complexity index is 1270. The number of rotatable bonds is 8. The molecular formula is C25H25N3O7. The van der Waals surface area contributed by atoms with Crippen molar-refractivity contribution in [3.8, 4) is 17.6 Å². The summed E-state index contributed by atoms with van der Waals surface area (Å²) in [6.45, 7) is 5.12. The molecule has 0 aliphatic carbocycles. The molecule has 1 unspecified atom stereocenters. The van der Waals surface area contributed by atoms with E-state index < -0.39 is 16.8 Å². The monoisotopic (exact) mass is 479 g/mol. The van der Waals surface area contributed by atoms with Crippen molar-refractivity contribution in [2.75, 3.05) is 13.7 Å². The number of nitrogens with zero attached hydrogens (tertiary/aromatic N) is 2. The van der Waals surface area contributed by atoms with Gasteiger partial charge in [-0.25, -0.2) is 4.79 Å². The Morgan fingerprint density at radius 1 is 1.23 bits per heavy atom. The molecule has 0 aromatic heterocycles. The van der Waals surface area contributed by atoms with Crippen LogP contribution in [0.5, 0.6) is 11.5 Å². The van der Waals surface area contributed by atoms with Gasteiger partial charge in [-0.1, -0.05) is 12.1 Å². The largest absolute Gasteiger partial charge is 0.496 e. The van der Waals surface area contributed by atoms with E-state index in [-0.39, 0.29) is 47.4 Å². The van der Waals surface area contributed by atoms with Gasteiger partial charge in [0, 0.05) is 11.6 Å². The predicted molar refractivity (Wildman–Crippen MR) is 125 cm³/mol. The Labute approximate surface area is 202 Å². The van der Waals surface area contributed by atoms with Gasteiger partial charge < -0.3 is 24.7 Å². The number of aryl methyl sites for hydroxylation is 1. The standard InChI is InChI=1S/C25H25N3O7/c1-5-33-25(29)22-15(3)35-24(27)18(12-26)23(22)16-7-9-20(32-4)17(11-16)13-34-21-10-14(2)6-8-19(21)28(30)31/h6-11,23H,5,13,27H2,1-4H3. The van der Waals surface area contributed by atoms with Crippen molar-refractivity contribution in [3.05, 3.63) is 86.0 Å². The van der Waals surface area contributed by atoms with Crippen LogP contribution < -0.4 is 15.2 Å². The number of nitriles is 1. The molecule has 0 saturated carbocycles.